The first-order valence-corrected chi connectivity index (χ1v) is 6.74. The molecule has 0 bridgehead atoms. The summed E-state index contributed by atoms with van der Waals surface area (Å²) in [6.45, 7) is 4.24. The van der Waals surface area contributed by atoms with E-state index in [9.17, 15) is 9.50 Å². The highest BCUT2D eigenvalue weighted by Gasteiger charge is 2.12. The lowest BCUT2D eigenvalue weighted by molar-refractivity contribution is 0.203. The predicted octanol–water partition coefficient (Wildman–Crippen LogP) is 3.90. The average Bonchev–Trinajstić information content (AvgIpc) is 2.21. The highest BCUT2D eigenvalue weighted by Crippen LogP contribution is 2.26. The van der Waals surface area contributed by atoms with Crippen LogP contribution in [0.25, 0.3) is 0 Å². The molecule has 0 amide bonds. The molecule has 0 saturated heterocycles. The van der Waals surface area contributed by atoms with Crippen LogP contribution >= 0.6 is 23.4 Å². The standard InChI is InChI=1S/C12H16ClFOS/c1-8(2)6-16-7-12(15)10-5-9(14)3-4-11(10)13/h3-5,8,12,15H,6-7H2,1-2H3. The second-order valence-corrected chi connectivity index (χ2v) is 5.60. The van der Waals surface area contributed by atoms with Crippen LogP contribution in [0, 0.1) is 11.7 Å². The van der Waals surface area contributed by atoms with Crippen LogP contribution in [0.4, 0.5) is 4.39 Å². The molecule has 0 heterocycles. The molecule has 0 aliphatic carbocycles. The summed E-state index contributed by atoms with van der Waals surface area (Å²) in [5.41, 5.74) is 0.470. The number of benzene rings is 1. The van der Waals surface area contributed by atoms with Crippen LogP contribution in [0.3, 0.4) is 0 Å². The largest absolute Gasteiger partial charge is 0.387 e. The zero-order chi connectivity index (χ0) is 12.1. The molecule has 0 saturated carbocycles. The molecule has 1 atom stereocenters. The smallest absolute Gasteiger partial charge is 0.123 e. The maximum atomic E-state index is 13.0. The molecule has 1 rings (SSSR count). The van der Waals surface area contributed by atoms with Gasteiger partial charge in [0.15, 0.2) is 0 Å². The van der Waals surface area contributed by atoms with Crippen LogP contribution in [0.15, 0.2) is 18.2 Å². The molecule has 1 N–H and O–H groups in total. The summed E-state index contributed by atoms with van der Waals surface area (Å²) in [6, 6.07) is 4.06. The van der Waals surface area contributed by atoms with Gasteiger partial charge in [0.25, 0.3) is 0 Å². The van der Waals surface area contributed by atoms with Crippen molar-refractivity contribution >= 4 is 23.4 Å². The molecule has 0 aromatic heterocycles. The minimum absolute atomic E-state index is 0.368. The number of aliphatic hydroxyl groups excluding tert-OH is 1. The summed E-state index contributed by atoms with van der Waals surface area (Å²) in [7, 11) is 0. The van der Waals surface area contributed by atoms with Gasteiger partial charge in [-0.25, -0.2) is 4.39 Å². The van der Waals surface area contributed by atoms with Gasteiger partial charge >= 0.3 is 0 Å². The van der Waals surface area contributed by atoms with Crippen LogP contribution in [-0.4, -0.2) is 16.6 Å². The zero-order valence-electron chi connectivity index (χ0n) is 9.41. The Kier molecular flexibility index (Phi) is 5.59. The fraction of sp³-hybridized carbons (Fsp3) is 0.500. The first kappa shape index (κ1) is 13.8. The fourth-order valence-electron chi connectivity index (χ4n) is 1.28. The van der Waals surface area contributed by atoms with E-state index >= 15 is 0 Å². The highest BCUT2D eigenvalue weighted by molar-refractivity contribution is 7.99. The van der Waals surface area contributed by atoms with Gasteiger partial charge in [0.1, 0.15) is 5.82 Å². The molecule has 1 nitrogen and oxygen atoms in total. The molecule has 16 heavy (non-hydrogen) atoms. The molecule has 0 fully saturated rings. The lowest BCUT2D eigenvalue weighted by Gasteiger charge is -2.13. The first-order valence-electron chi connectivity index (χ1n) is 5.21. The van der Waals surface area contributed by atoms with E-state index in [2.05, 4.69) is 13.8 Å². The Bertz CT molecular complexity index is 344. The van der Waals surface area contributed by atoms with E-state index in [1.54, 1.807) is 11.8 Å². The van der Waals surface area contributed by atoms with Crippen LogP contribution in [0.2, 0.25) is 5.02 Å². The van der Waals surface area contributed by atoms with Crippen molar-refractivity contribution in [1.82, 2.24) is 0 Å². The van der Waals surface area contributed by atoms with E-state index in [0.29, 0.717) is 22.3 Å². The Hall–Kier alpha value is -0.250. The molecule has 0 radical (unpaired) electrons. The Labute approximate surface area is 105 Å². The Morgan fingerprint density at radius 1 is 1.38 bits per heavy atom. The Morgan fingerprint density at radius 3 is 2.69 bits per heavy atom. The molecule has 90 valence electrons. The van der Waals surface area contributed by atoms with Crippen molar-refractivity contribution in [2.24, 2.45) is 5.92 Å². The monoisotopic (exact) mass is 262 g/mol. The van der Waals surface area contributed by atoms with Gasteiger partial charge in [0, 0.05) is 16.3 Å². The molecule has 0 aliphatic heterocycles. The number of rotatable bonds is 5. The van der Waals surface area contributed by atoms with Crippen molar-refractivity contribution in [1.29, 1.82) is 0 Å². The molecule has 1 unspecified atom stereocenters. The van der Waals surface area contributed by atoms with Crippen molar-refractivity contribution in [3.63, 3.8) is 0 Å². The number of thioether (sulfide) groups is 1. The summed E-state index contributed by atoms with van der Waals surface area (Å²) in [6.07, 6.45) is -0.702. The topological polar surface area (TPSA) is 20.2 Å². The van der Waals surface area contributed by atoms with Crippen molar-refractivity contribution < 1.29 is 9.50 Å². The number of hydrogen-bond donors (Lipinski definition) is 1. The van der Waals surface area contributed by atoms with Gasteiger partial charge < -0.3 is 5.11 Å². The zero-order valence-corrected chi connectivity index (χ0v) is 11.0. The number of aliphatic hydroxyl groups is 1. The Balaban J connectivity index is 2.58. The van der Waals surface area contributed by atoms with Crippen LogP contribution in [0.5, 0.6) is 0 Å². The summed E-state index contributed by atoms with van der Waals surface area (Å²) < 4.78 is 13.0. The SMILES string of the molecule is CC(C)CSCC(O)c1cc(F)ccc1Cl. The summed E-state index contributed by atoms with van der Waals surface area (Å²) in [5, 5.41) is 10.3. The van der Waals surface area contributed by atoms with E-state index in [-0.39, 0.29) is 5.82 Å². The average molecular weight is 263 g/mol. The second-order valence-electron chi connectivity index (χ2n) is 4.11. The third-order valence-electron chi connectivity index (χ3n) is 2.04. The minimum atomic E-state index is -0.702. The van der Waals surface area contributed by atoms with Crippen LogP contribution < -0.4 is 0 Å². The first-order chi connectivity index (χ1) is 7.50. The van der Waals surface area contributed by atoms with Gasteiger partial charge in [-0.05, 0) is 29.9 Å². The van der Waals surface area contributed by atoms with Gasteiger partial charge in [0.2, 0.25) is 0 Å². The van der Waals surface area contributed by atoms with Gasteiger partial charge in [-0.15, -0.1) is 0 Å². The highest BCUT2D eigenvalue weighted by atomic mass is 35.5. The van der Waals surface area contributed by atoms with Gasteiger partial charge in [-0.1, -0.05) is 25.4 Å². The quantitative estimate of drug-likeness (QED) is 0.868. The maximum Gasteiger partial charge on any atom is 0.123 e. The maximum absolute atomic E-state index is 13.0. The van der Waals surface area contributed by atoms with Crippen molar-refractivity contribution in [3.8, 4) is 0 Å². The predicted molar refractivity (Wildman–Crippen MR) is 68.5 cm³/mol. The number of hydrogen-bond acceptors (Lipinski definition) is 2. The number of halogens is 2. The van der Waals surface area contributed by atoms with E-state index in [1.165, 1.54) is 18.2 Å². The van der Waals surface area contributed by atoms with Crippen LogP contribution in [0.1, 0.15) is 25.5 Å². The molecular weight excluding hydrogens is 247 g/mol. The summed E-state index contributed by atoms with van der Waals surface area (Å²) in [5.74, 6) is 1.73. The van der Waals surface area contributed by atoms with Gasteiger partial charge in [-0.2, -0.15) is 11.8 Å². The molecular formula is C12H16ClFOS. The third-order valence-corrected chi connectivity index (χ3v) is 3.84. The molecule has 0 aliphatic rings. The Morgan fingerprint density at radius 2 is 2.06 bits per heavy atom. The van der Waals surface area contributed by atoms with Gasteiger partial charge in [-0.3, -0.25) is 0 Å². The van der Waals surface area contributed by atoms with Crippen molar-refractivity contribution in [3.05, 3.63) is 34.6 Å². The van der Waals surface area contributed by atoms with E-state index in [1.807, 2.05) is 0 Å². The van der Waals surface area contributed by atoms with Crippen molar-refractivity contribution in [2.45, 2.75) is 20.0 Å². The van der Waals surface area contributed by atoms with E-state index in [0.717, 1.165) is 5.75 Å². The van der Waals surface area contributed by atoms with E-state index in [4.69, 9.17) is 11.6 Å². The lowest BCUT2D eigenvalue weighted by atomic mass is 10.1. The second kappa shape index (κ2) is 6.48. The third kappa shape index (κ3) is 4.32. The molecule has 4 heteroatoms. The van der Waals surface area contributed by atoms with Gasteiger partial charge in [0.05, 0.1) is 6.10 Å². The molecule has 1 aromatic rings. The normalized spacial score (nSPS) is 13.1. The fourth-order valence-corrected chi connectivity index (χ4v) is 2.53. The van der Waals surface area contributed by atoms with Crippen molar-refractivity contribution in [2.75, 3.05) is 11.5 Å². The summed E-state index contributed by atoms with van der Waals surface area (Å²) in [4.78, 5) is 0. The lowest BCUT2D eigenvalue weighted by Crippen LogP contribution is -2.04. The minimum Gasteiger partial charge on any atom is -0.387 e. The molecule has 0 spiro atoms. The van der Waals surface area contributed by atoms with E-state index < -0.39 is 6.10 Å². The van der Waals surface area contributed by atoms with Crippen LogP contribution in [-0.2, 0) is 0 Å². The summed E-state index contributed by atoms with van der Waals surface area (Å²) >= 11 is 7.54. The molecule has 1 aromatic carbocycles.